The van der Waals surface area contributed by atoms with Gasteiger partial charge in [-0.3, -0.25) is 0 Å². The van der Waals surface area contributed by atoms with Crippen LogP contribution in [0.2, 0.25) is 0 Å². The number of amides is 1. The molecule has 0 saturated carbocycles. The Kier molecular flexibility index (Phi) is 10.4. The lowest BCUT2D eigenvalue weighted by Crippen LogP contribution is -2.42. The molecule has 0 aliphatic heterocycles. The quantitative estimate of drug-likeness (QED) is 0.322. The highest BCUT2D eigenvalue weighted by atomic mass is 32.2. The van der Waals surface area contributed by atoms with Crippen molar-refractivity contribution in [2.24, 2.45) is 0 Å². The standard InChI is InChI=1S/C29H44N2O6S2/c1-11-30(38(33,34)26-22(4)16-20(2)17-23(26)5)14-12-13-15-31(28(32)37-29(8,9)10)39(35,36)27-24(6)18-21(3)19-25(27)7/h16-19H,11-15H2,1-10H3. The van der Waals surface area contributed by atoms with E-state index in [-0.39, 0.29) is 31.0 Å². The molecule has 0 N–H and O–H groups in total. The first-order valence-electron chi connectivity index (χ1n) is 13.2. The minimum atomic E-state index is -4.22. The number of hydrogen-bond donors (Lipinski definition) is 0. The predicted octanol–water partition coefficient (Wildman–Crippen LogP) is 5.95. The molecule has 2 rings (SSSR count). The van der Waals surface area contributed by atoms with Gasteiger partial charge >= 0.3 is 6.09 Å². The third-order valence-electron chi connectivity index (χ3n) is 6.32. The Labute approximate surface area is 235 Å². The van der Waals surface area contributed by atoms with Gasteiger partial charge in [0.15, 0.2) is 0 Å². The summed E-state index contributed by atoms with van der Waals surface area (Å²) < 4.78 is 62.2. The zero-order valence-electron chi connectivity index (χ0n) is 25.0. The van der Waals surface area contributed by atoms with Gasteiger partial charge in [-0.1, -0.05) is 42.3 Å². The minimum Gasteiger partial charge on any atom is -0.443 e. The summed E-state index contributed by atoms with van der Waals surface area (Å²) in [6.45, 7) is 17.9. The van der Waals surface area contributed by atoms with Crippen molar-refractivity contribution in [3.05, 3.63) is 57.6 Å². The third kappa shape index (κ3) is 7.83. The number of unbranched alkanes of at least 4 members (excludes halogenated alkanes) is 1. The van der Waals surface area contributed by atoms with Crippen LogP contribution in [-0.4, -0.2) is 56.8 Å². The molecule has 0 aliphatic rings. The molecule has 0 heterocycles. The van der Waals surface area contributed by atoms with Crippen LogP contribution in [0.1, 0.15) is 73.9 Å². The summed E-state index contributed by atoms with van der Waals surface area (Å²) in [6, 6.07) is 7.25. The van der Waals surface area contributed by atoms with Crippen LogP contribution in [0.3, 0.4) is 0 Å². The molecule has 2 aromatic carbocycles. The first-order valence-corrected chi connectivity index (χ1v) is 16.1. The van der Waals surface area contributed by atoms with Crippen LogP contribution in [0.4, 0.5) is 4.79 Å². The van der Waals surface area contributed by atoms with Gasteiger partial charge < -0.3 is 4.74 Å². The topological polar surface area (TPSA) is 101 Å². The Bertz CT molecular complexity index is 1380. The highest BCUT2D eigenvalue weighted by Crippen LogP contribution is 2.28. The fourth-order valence-corrected chi connectivity index (χ4v) is 8.66. The molecular formula is C29H44N2O6S2. The molecule has 1 amide bonds. The number of nitrogens with zero attached hydrogens (tertiary/aromatic N) is 2. The van der Waals surface area contributed by atoms with Crippen LogP contribution in [0.15, 0.2) is 34.1 Å². The van der Waals surface area contributed by atoms with Gasteiger partial charge in [-0.2, -0.15) is 4.31 Å². The van der Waals surface area contributed by atoms with Gasteiger partial charge in [0.25, 0.3) is 10.0 Å². The molecule has 0 atom stereocenters. The number of aryl methyl sites for hydroxylation is 6. The molecular weight excluding hydrogens is 536 g/mol. The number of ether oxygens (including phenoxy) is 1. The molecule has 0 spiro atoms. The first kappa shape index (κ1) is 32.8. The fraction of sp³-hybridized carbons (Fsp3) is 0.552. The molecule has 0 aromatic heterocycles. The van der Waals surface area contributed by atoms with Gasteiger partial charge in [0.2, 0.25) is 10.0 Å². The van der Waals surface area contributed by atoms with Gasteiger partial charge in [-0.05, 0) is 97.4 Å². The summed E-state index contributed by atoms with van der Waals surface area (Å²) in [4.78, 5) is 13.5. The highest BCUT2D eigenvalue weighted by molar-refractivity contribution is 7.90. The van der Waals surface area contributed by atoms with Crippen LogP contribution in [-0.2, 0) is 24.8 Å². The Morgan fingerprint density at radius 1 is 0.718 bits per heavy atom. The largest absolute Gasteiger partial charge is 0.443 e. The summed E-state index contributed by atoms with van der Waals surface area (Å²) in [7, 11) is -7.96. The van der Waals surface area contributed by atoms with E-state index in [1.807, 2.05) is 26.0 Å². The zero-order valence-corrected chi connectivity index (χ0v) is 26.6. The van der Waals surface area contributed by atoms with Crippen LogP contribution in [0.5, 0.6) is 0 Å². The van der Waals surface area contributed by atoms with Gasteiger partial charge in [0.1, 0.15) is 5.60 Å². The van der Waals surface area contributed by atoms with Crippen molar-refractivity contribution in [3.63, 3.8) is 0 Å². The third-order valence-corrected chi connectivity index (χ3v) is 10.7. The fourth-order valence-electron chi connectivity index (χ4n) is 5.00. The van der Waals surface area contributed by atoms with E-state index >= 15 is 0 Å². The summed E-state index contributed by atoms with van der Waals surface area (Å²) in [5, 5.41) is 0. The Balaban J connectivity index is 2.31. The van der Waals surface area contributed by atoms with E-state index in [1.54, 1.807) is 67.5 Å². The summed E-state index contributed by atoms with van der Waals surface area (Å²) in [6.07, 6.45) is -0.328. The van der Waals surface area contributed by atoms with Crippen molar-refractivity contribution in [1.82, 2.24) is 8.61 Å². The SMILES string of the molecule is CCN(CCCCN(C(=O)OC(C)(C)C)S(=O)(=O)c1c(C)cc(C)cc1C)S(=O)(=O)c1c(C)cc(C)cc1C. The summed E-state index contributed by atoms with van der Waals surface area (Å²) in [5.41, 5.74) is 3.51. The maximum absolute atomic E-state index is 13.8. The highest BCUT2D eigenvalue weighted by Gasteiger charge is 2.35. The van der Waals surface area contributed by atoms with Crippen molar-refractivity contribution in [1.29, 1.82) is 0 Å². The normalized spacial score (nSPS) is 12.6. The molecule has 0 radical (unpaired) electrons. The molecule has 0 fully saturated rings. The van der Waals surface area contributed by atoms with Crippen LogP contribution in [0.25, 0.3) is 0 Å². The summed E-state index contributed by atoms with van der Waals surface area (Å²) in [5.74, 6) is 0. The van der Waals surface area contributed by atoms with E-state index < -0.39 is 31.7 Å². The lowest BCUT2D eigenvalue weighted by atomic mass is 10.1. The average molecular weight is 581 g/mol. The van der Waals surface area contributed by atoms with Gasteiger partial charge in [-0.25, -0.2) is 25.9 Å². The average Bonchev–Trinajstić information content (AvgIpc) is 2.72. The number of carbonyl (C=O) groups is 1. The molecule has 218 valence electrons. The van der Waals surface area contributed by atoms with Crippen LogP contribution >= 0.6 is 0 Å². The smallest absolute Gasteiger partial charge is 0.424 e. The number of carbonyl (C=O) groups excluding carboxylic acids is 1. The number of hydrogen-bond acceptors (Lipinski definition) is 6. The molecule has 0 aliphatic carbocycles. The molecule has 2 aromatic rings. The van der Waals surface area contributed by atoms with Crippen LogP contribution < -0.4 is 0 Å². The second-order valence-electron chi connectivity index (χ2n) is 11.2. The Morgan fingerprint density at radius 3 is 1.49 bits per heavy atom. The molecule has 10 heteroatoms. The first-order chi connectivity index (χ1) is 17.8. The molecule has 0 saturated heterocycles. The van der Waals surface area contributed by atoms with Gasteiger partial charge in [0.05, 0.1) is 9.79 Å². The van der Waals surface area contributed by atoms with Crippen molar-refractivity contribution < 1.29 is 26.4 Å². The van der Waals surface area contributed by atoms with E-state index in [4.69, 9.17) is 4.74 Å². The number of rotatable bonds is 10. The molecule has 0 unspecified atom stereocenters. The number of benzene rings is 2. The number of sulfonamides is 2. The van der Waals surface area contributed by atoms with E-state index in [0.717, 1.165) is 15.4 Å². The van der Waals surface area contributed by atoms with E-state index in [9.17, 15) is 21.6 Å². The minimum absolute atomic E-state index is 0.0852. The monoisotopic (exact) mass is 580 g/mol. The lowest BCUT2D eigenvalue weighted by molar-refractivity contribution is 0.0388. The maximum atomic E-state index is 13.8. The van der Waals surface area contributed by atoms with Crippen molar-refractivity contribution in [3.8, 4) is 0 Å². The molecule has 39 heavy (non-hydrogen) atoms. The second-order valence-corrected chi connectivity index (χ2v) is 14.9. The van der Waals surface area contributed by atoms with E-state index in [1.165, 1.54) is 4.31 Å². The lowest BCUT2D eigenvalue weighted by Gasteiger charge is -2.28. The zero-order chi connectivity index (χ0) is 29.9. The molecule has 0 bridgehead atoms. The van der Waals surface area contributed by atoms with Crippen molar-refractivity contribution in [2.75, 3.05) is 19.6 Å². The second kappa shape index (κ2) is 12.4. The van der Waals surface area contributed by atoms with E-state index in [2.05, 4.69) is 0 Å². The Morgan fingerprint density at radius 2 is 1.10 bits per heavy atom. The van der Waals surface area contributed by atoms with Gasteiger partial charge in [0, 0.05) is 19.6 Å². The maximum Gasteiger partial charge on any atom is 0.424 e. The van der Waals surface area contributed by atoms with E-state index in [0.29, 0.717) is 33.6 Å². The van der Waals surface area contributed by atoms with Gasteiger partial charge in [-0.15, -0.1) is 0 Å². The van der Waals surface area contributed by atoms with Crippen LogP contribution in [0, 0.1) is 41.5 Å². The van der Waals surface area contributed by atoms with Crippen molar-refractivity contribution in [2.45, 2.75) is 97.5 Å². The van der Waals surface area contributed by atoms with Crippen molar-refractivity contribution >= 4 is 26.1 Å². The Hall–Kier alpha value is -2.43. The summed E-state index contributed by atoms with van der Waals surface area (Å²) >= 11 is 0. The predicted molar refractivity (Wildman–Crippen MR) is 155 cm³/mol. The molecule has 8 nitrogen and oxygen atoms in total.